The normalized spacial score (nSPS) is 11.1. The molecule has 0 bridgehead atoms. The average molecular weight is 415 g/mol. The van der Waals surface area contributed by atoms with Crippen molar-refractivity contribution in [3.63, 3.8) is 0 Å². The molecule has 2 rings (SSSR count). The van der Waals surface area contributed by atoms with Crippen LogP contribution in [-0.2, 0) is 14.3 Å². The summed E-state index contributed by atoms with van der Waals surface area (Å²) < 4.78 is 4.81. The monoisotopic (exact) mass is 414 g/mol. The number of nitrogens with zero attached hydrogens (tertiary/aromatic N) is 1. The zero-order valence-corrected chi connectivity index (χ0v) is 16.4. The highest BCUT2D eigenvalue weighted by Gasteiger charge is 2.09. The number of esters is 1. The molecule has 1 N–H and O–H groups in total. The fourth-order valence-electron chi connectivity index (χ4n) is 2.16. The van der Waals surface area contributed by atoms with Gasteiger partial charge in [-0.3, -0.25) is 4.79 Å². The molecule has 0 radical (unpaired) electrons. The number of hydrogen-bond acceptors (Lipinski definition) is 4. The van der Waals surface area contributed by atoms with Gasteiger partial charge >= 0.3 is 5.97 Å². The van der Waals surface area contributed by atoms with Crippen LogP contribution in [0, 0.1) is 11.3 Å². The van der Waals surface area contributed by atoms with Crippen molar-refractivity contribution in [2.45, 2.75) is 6.92 Å². The molecule has 0 heterocycles. The van der Waals surface area contributed by atoms with Crippen LogP contribution in [0.15, 0.2) is 54.1 Å². The summed E-state index contributed by atoms with van der Waals surface area (Å²) in [5.41, 5.74) is 1.76. The molecule has 0 spiro atoms. The van der Waals surface area contributed by atoms with Gasteiger partial charge in [-0.15, -0.1) is 0 Å². The molecule has 0 saturated heterocycles. The first-order chi connectivity index (χ1) is 13.4. The topological polar surface area (TPSA) is 79.2 Å². The van der Waals surface area contributed by atoms with Crippen LogP contribution >= 0.6 is 23.2 Å². The molecule has 1 amide bonds. The lowest BCUT2D eigenvalue weighted by molar-refractivity contribution is -0.137. The summed E-state index contributed by atoms with van der Waals surface area (Å²) >= 11 is 11.9. The highest BCUT2D eigenvalue weighted by Crippen LogP contribution is 2.22. The van der Waals surface area contributed by atoms with Gasteiger partial charge in [0.2, 0.25) is 5.91 Å². The van der Waals surface area contributed by atoms with Gasteiger partial charge in [0.1, 0.15) is 11.6 Å². The first-order valence-corrected chi connectivity index (χ1v) is 9.01. The number of benzene rings is 2. The third-order valence-corrected chi connectivity index (χ3v) is 4.04. The van der Waals surface area contributed by atoms with Crippen LogP contribution in [0.3, 0.4) is 0 Å². The van der Waals surface area contributed by atoms with Gasteiger partial charge in [-0.2, -0.15) is 5.26 Å². The number of ether oxygens (including phenoxy) is 1. The molecule has 0 unspecified atom stereocenters. The van der Waals surface area contributed by atoms with E-state index in [2.05, 4.69) is 5.32 Å². The number of carbonyl (C=O) groups is 2. The van der Waals surface area contributed by atoms with E-state index in [1.165, 1.54) is 12.2 Å². The Hall–Kier alpha value is -3.07. The van der Waals surface area contributed by atoms with Crippen LogP contribution in [0.4, 0.5) is 5.69 Å². The van der Waals surface area contributed by atoms with E-state index in [1.807, 2.05) is 6.07 Å². The minimum atomic E-state index is -0.673. The summed E-state index contributed by atoms with van der Waals surface area (Å²) in [7, 11) is 0. The van der Waals surface area contributed by atoms with E-state index in [1.54, 1.807) is 55.5 Å². The maximum Gasteiger partial charge on any atom is 0.348 e. The fourth-order valence-corrected chi connectivity index (χ4v) is 2.63. The van der Waals surface area contributed by atoms with Gasteiger partial charge in [0, 0.05) is 21.8 Å². The molecule has 7 heteroatoms. The van der Waals surface area contributed by atoms with Crippen molar-refractivity contribution in [2.24, 2.45) is 0 Å². The first-order valence-electron chi connectivity index (χ1n) is 8.26. The molecule has 0 aliphatic carbocycles. The van der Waals surface area contributed by atoms with Crippen LogP contribution in [0.5, 0.6) is 0 Å². The number of hydrogen-bond donors (Lipinski definition) is 1. The summed E-state index contributed by atoms with van der Waals surface area (Å²) in [6.45, 7) is 1.86. The van der Waals surface area contributed by atoms with Crippen molar-refractivity contribution < 1.29 is 14.3 Å². The van der Waals surface area contributed by atoms with Crippen molar-refractivity contribution in [2.75, 3.05) is 11.9 Å². The van der Waals surface area contributed by atoms with Crippen molar-refractivity contribution in [3.05, 3.63) is 75.3 Å². The van der Waals surface area contributed by atoms with E-state index in [0.717, 1.165) is 0 Å². The smallest absolute Gasteiger partial charge is 0.348 e. The van der Waals surface area contributed by atoms with Crippen molar-refractivity contribution in [1.29, 1.82) is 5.26 Å². The average Bonchev–Trinajstić information content (AvgIpc) is 2.67. The Balaban J connectivity index is 2.03. The SMILES string of the molecule is CCOC(=O)C(C#N)=Cc1ccc(NC(=O)C=Cc2ccc(Cl)cc2Cl)cc1. The number of amides is 1. The van der Waals surface area contributed by atoms with Crippen LogP contribution < -0.4 is 5.32 Å². The molecule has 2 aromatic rings. The molecular formula is C21H16Cl2N2O3. The third kappa shape index (κ3) is 6.27. The second-order valence-electron chi connectivity index (χ2n) is 5.50. The van der Waals surface area contributed by atoms with Gasteiger partial charge in [0.25, 0.3) is 0 Å². The molecule has 28 heavy (non-hydrogen) atoms. The lowest BCUT2D eigenvalue weighted by atomic mass is 10.1. The standard InChI is InChI=1S/C21H16Cl2N2O3/c1-2-28-21(27)16(13-24)11-14-3-8-18(9-4-14)25-20(26)10-6-15-5-7-17(22)12-19(15)23/h3-12H,2H2,1H3,(H,25,26). The van der Waals surface area contributed by atoms with Crippen LogP contribution in [0.1, 0.15) is 18.1 Å². The zero-order chi connectivity index (χ0) is 20.5. The molecule has 2 aromatic carbocycles. The summed E-state index contributed by atoms with van der Waals surface area (Å²) in [5.74, 6) is -1.01. The van der Waals surface area contributed by atoms with E-state index in [4.69, 9.17) is 33.2 Å². The number of nitriles is 1. The largest absolute Gasteiger partial charge is 0.462 e. The Morgan fingerprint density at radius 1 is 1.18 bits per heavy atom. The predicted octanol–water partition coefficient (Wildman–Crippen LogP) is 5.12. The highest BCUT2D eigenvalue weighted by atomic mass is 35.5. The van der Waals surface area contributed by atoms with Crippen LogP contribution in [0.25, 0.3) is 12.2 Å². The Morgan fingerprint density at radius 3 is 2.50 bits per heavy atom. The van der Waals surface area contributed by atoms with Gasteiger partial charge in [-0.25, -0.2) is 4.79 Å². The van der Waals surface area contributed by atoms with Crippen LogP contribution in [-0.4, -0.2) is 18.5 Å². The molecular weight excluding hydrogens is 399 g/mol. The lowest BCUT2D eigenvalue weighted by Gasteiger charge is -2.04. The summed E-state index contributed by atoms with van der Waals surface area (Å²) in [4.78, 5) is 23.7. The Labute approximate surface area is 172 Å². The second-order valence-corrected chi connectivity index (χ2v) is 6.34. The lowest BCUT2D eigenvalue weighted by Crippen LogP contribution is -2.07. The maximum absolute atomic E-state index is 12.1. The number of halogens is 2. The van der Waals surface area contributed by atoms with E-state index in [9.17, 15) is 9.59 Å². The number of nitrogens with one attached hydrogen (secondary N) is 1. The molecule has 0 saturated carbocycles. The Morgan fingerprint density at radius 2 is 1.89 bits per heavy atom. The van der Waals surface area contributed by atoms with Crippen molar-refractivity contribution in [1.82, 2.24) is 0 Å². The molecule has 0 aliphatic rings. The molecule has 0 fully saturated rings. The second kappa shape index (κ2) is 10.3. The van der Waals surface area contributed by atoms with Gasteiger partial charge in [-0.1, -0.05) is 41.4 Å². The van der Waals surface area contributed by atoms with E-state index in [-0.39, 0.29) is 18.1 Å². The van der Waals surface area contributed by atoms with Gasteiger partial charge in [0.15, 0.2) is 0 Å². The minimum Gasteiger partial charge on any atom is -0.462 e. The third-order valence-electron chi connectivity index (χ3n) is 3.48. The van der Waals surface area contributed by atoms with Crippen molar-refractivity contribution in [3.8, 4) is 6.07 Å². The van der Waals surface area contributed by atoms with Crippen LogP contribution in [0.2, 0.25) is 10.0 Å². The van der Waals surface area contributed by atoms with E-state index >= 15 is 0 Å². The molecule has 0 atom stereocenters. The van der Waals surface area contributed by atoms with Gasteiger partial charge < -0.3 is 10.1 Å². The minimum absolute atomic E-state index is 0.0959. The number of carbonyl (C=O) groups excluding carboxylic acids is 2. The molecule has 5 nitrogen and oxygen atoms in total. The quantitative estimate of drug-likeness (QED) is 0.404. The van der Waals surface area contributed by atoms with E-state index < -0.39 is 5.97 Å². The molecule has 142 valence electrons. The first kappa shape index (κ1) is 21.2. The Bertz CT molecular complexity index is 974. The molecule has 0 aromatic heterocycles. The number of rotatable bonds is 6. The maximum atomic E-state index is 12.1. The fraction of sp³-hybridized carbons (Fsp3) is 0.0952. The van der Waals surface area contributed by atoms with Gasteiger partial charge in [0.05, 0.1) is 6.61 Å². The number of anilines is 1. The predicted molar refractivity (Wildman–Crippen MR) is 111 cm³/mol. The molecule has 0 aliphatic heterocycles. The Kier molecular flexibility index (Phi) is 7.82. The zero-order valence-electron chi connectivity index (χ0n) is 14.9. The van der Waals surface area contributed by atoms with E-state index in [0.29, 0.717) is 26.9 Å². The van der Waals surface area contributed by atoms with Gasteiger partial charge in [-0.05, 0) is 54.5 Å². The highest BCUT2D eigenvalue weighted by molar-refractivity contribution is 6.35. The summed E-state index contributed by atoms with van der Waals surface area (Å²) in [6.07, 6.45) is 4.37. The summed E-state index contributed by atoms with van der Waals surface area (Å²) in [5, 5.41) is 12.7. The summed E-state index contributed by atoms with van der Waals surface area (Å²) in [6, 6.07) is 13.5. The van der Waals surface area contributed by atoms with Crippen molar-refractivity contribution >= 4 is 52.9 Å².